The van der Waals surface area contributed by atoms with Gasteiger partial charge < -0.3 is 10.6 Å². The fraction of sp³-hybridized carbons (Fsp3) is 0.682. The van der Waals surface area contributed by atoms with E-state index >= 15 is 0 Å². The Labute approximate surface area is 174 Å². The Balaban J connectivity index is 2.67. The Hall–Kier alpha value is -2.15. The number of carbonyl (C=O) groups excluding carboxylic acids is 3. The van der Waals surface area contributed by atoms with Gasteiger partial charge in [-0.3, -0.25) is 19.6 Å². The average Bonchev–Trinajstić information content (AvgIpc) is 2.73. The number of hydrogen-bond acceptors (Lipinski definition) is 4. The Morgan fingerprint density at radius 3 is 2.45 bits per heavy atom. The fourth-order valence-electron chi connectivity index (χ4n) is 3.58. The molecule has 0 heterocycles. The molecule has 0 saturated heterocycles. The van der Waals surface area contributed by atoms with Crippen LogP contribution in [0.5, 0.6) is 0 Å². The van der Waals surface area contributed by atoms with Crippen LogP contribution >= 0.6 is 0 Å². The van der Waals surface area contributed by atoms with Gasteiger partial charge in [-0.25, -0.2) is 5.48 Å². The highest BCUT2D eigenvalue weighted by Gasteiger charge is 2.26. The third-order valence-electron chi connectivity index (χ3n) is 5.17. The maximum Gasteiger partial charge on any atom is 0.246 e. The van der Waals surface area contributed by atoms with Crippen molar-refractivity contribution in [3.63, 3.8) is 0 Å². The van der Waals surface area contributed by atoms with Crippen molar-refractivity contribution in [2.75, 3.05) is 0 Å². The number of carbonyl (C=O) groups is 3. The van der Waals surface area contributed by atoms with E-state index in [4.69, 9.17) is 5.21 Å². The van der Waals surface area contributed by atoms with Crippen LogP contribution in [0.3, 0.4) is 0 Å². The number of amides is 3. The first-order valence-corrected chi connectivity index (χ1v) is 10.9. The molecule has 164 valence electrons. The maximum absolute atomic E-state index is 12.8. The second-order valence-electron chi connectivity index (χ2n) is 7.59. The van der Waals surface area contributed by atoms with Gasteiger partial charge in [0, 0.05) is 18.0 Å². The van der Waals surface area contributed by atoms with E-state index in [-0.39, 0.29) is 24.2 Å². The highest BCUT2D eigenvalue weighted by Crippen LogP contribution is 2.24. The van der Waals surface area contributed by atoms with Gasteiger partial charge in [-0.2, -0.15) is 0 Å². The zero-order valence-corrected chi connectivity index (χ0v) is 17.8. The Morgan fingerprint density at radius 2 is 1.83 bits per heavy atom. The van der Waals surface area contributed by atoms with Crippen LogP contribution in [0.2, 0.25) is 0 Å². The zero-order chi connectivity index (χ0) is 21.5. The van der Waals surface area contributed by atoms with Crippen molar-refractivity contribution in [1.82, 2.24) is 16.1 Å². The van der Waals surface area contributed by atoms with Crippen LogP contribution in [0.15, 0.2) is 23.9 Å². The predicted octanol–water partition coefficient (Wildman–Crippen LogP) is 3.49. The molecule has 0 spiro atoms. The minimum Gasteiger partial charge on any atom is -0.344 e. The Kier molecular flexibility index (Phi) is 12.7. The third kappa shape index (κ3) is 10.3. The van der Waals surface area contributed by atoms with Crippen molar-refractivity contribution < 1.29 is 19.6 Å². The molecule has 0 aromatic carbocycles. The highest BCUT2D eigenvalue weighted by atomic mass is 16.5. The molecule has 1 unspecified atom stereocenters. The van der Waals surface area contributed by atoms with Gasteiger partial charge in [0.15, 0.2) is 0 Å². The smallest absolute Gasteiger partial charge is 0.246 e. The van der Waals surface area contributed by atoms with E-state index < -0.39 is 11.9 Å². The standard InChI is InChI=1S/C22H37N3O4/c1-3-11-18(12-4-2)23-22(28)19(15-9-6-10-16-20(26)25-29)24-21(27)17-13-7-5-8-14-17/h3,11-12,17,19,29H,4-10,13-16H2,1-2H3,(H,23,28)(H,24,27)(H,25,26)/b11-3-,18-12+. The van der Waals surface area contributed by atoms with E-state index in [1.165, 1.54) is 6.42 Å². The maximum atomic E-state index is 12.8. The summed E-state index contributed by atoms with van der Waals surface area (Å²) in [5.41, 5.74) is 2.35. The number of nitrogens with one attached hydrogen (secondary N) is 3. The molecule has 1 saturated carbocycles. The van der Waals surface area contributed by atoms with Gasteiger partial charge in [0.25, 0.3) is 0 Å². The summed E-state index contributed by atoms with van der Waals surface area (Å²) < 4.78 is 0. The van der Waals surface area contributed by atoms with Crippen LogP contribution in [0.1, 0.15) is 84.5 Å². The van der Waals surface area contributed by atoms with Crippen molar-refractivity contribution in [1.29, 1.82) is 0 Å². The molecular formula is C22H37N3O4. The normalized spacial score (nSPS) is 16.4. The van der Waals surface area contributed by atoms with Crippen LogP contribution in [-0.4, -0.2) is 29.0 Å². The van der Waals surface area contributed by atoms with Gasteiger partial charge in [-0.15, -0.1) is 0 Å². The van der Waals surface area contributed by atoms with Crippen LogP contribution in [-0.2, 0) is 14.4 Å². The molecule has 0 bridgehead atoms. The summed E-state index contributed by atoms with van der Waals surface area (Å²) in [4.78, 5) is 36.6. The second-order valence-corrected chi connectivity index (χ2v) is 7.59. The summed E-state index contributed by atoms with van der Waals surface area (Å²) in [5.74, 6) is -0.657. The van der Waals surface area contributed by atoms with Crippen molar-refractivity contribution in [2.45, 2.75) is 90.5 Å². The number of hydroxylamine groups is 1. The Morgan fingerprint density at radius 1 is 1.10 bits per heavy atom. The molecule has 0 aromatic heterocycles. The molecule has 29 heavy (non-hydrogen) atoms. The van der Waals surface area contributed by atoms with E-state index in [9.17, 15) is 14.4 Å². The molecule has 4 N–H and O–H groups in total. The first-order chi connectivity index (χ1) is 14.0. The lowest BCUT2D eigenvalue weighted by molar-refractivity contribution is -0.131. The van der Waals surface area contributed by atoms with Crippen molar-refractivity contribution in [3.8, 4) is 0 Å². The number of rotatable bonds is 12. The SMILES string of the molecule is C/C=C\C(=C/CC)NC(=O)C(CCCCCC(=O)NO)NC(=O)C1CCCCC1. The molecule has 0 aliphatic heterocycles. The van der Waals surface area contributed by atoms with Gasteiger partial charge in [-0.05, 0) is 45.1 Å². The molecule has 1 atom stereocenters. The molecule has 0 radical (unpaired) electrons. The van der Waals surface area contributed by atoms with Gasteiger partial charge >= 0.3 is 0 Å². The summed E-state index contributed by atoms with van der Waals surface area (Å²) in [7, 11) is 0. The number of allylic oxidation sites excluding steroid dienone is 3. The topological polar surface area (TPSA) is 108 Å². The molecule has 7 nitrogen and oxygen atoms in total. The lowest BCUT2D eigenvalue weighted by Gasteiger charge is -2.25. The molecule has 1 aliphatic rings. The van der Waals surface area contributed by atoms with Gasteiger partial charge in [0.1, 0.15) is 6.04 Å². The molecule has 1 rings (SSSR count). The van der Waals surface area contributed by atoms with Gasteiger partial charge in [0.2, 0.25) is 17.7 Å². The molecule has 3 amide bonds. The first kappa shape index (κ1) is 24.9. The molecule has 0 aromatic rings. The number of hydrogen-bond donors (Lipinski definition) is 4. The lowest BCUT2D eigenvalue weighted by Crippen LogP contribution is -2.48. The lowest BCUT2D eigenvalue weighted by atomic mass is 9.88. The van der Waals surface area contributed by atoms with Crippen molar-refractivity contribution in [2.24, 2.45) is 5.92 Å². The summed E-state index contributed by atoms with van der Waals surface area (Å²) in [5, 5.41) is 14.4. The minimum absolute atomic E-state index is 0.00603. The van der Waals surface area contributed by atoms with Crippen LogP contribution < -0.4 is 16.1 Å². The molecule has 1 aliphatic carbocycles. The van der Waals surface area contributed by atoms with Crippen LogP contribution in [0.25, 0.3) is 0 Å². The van der Waals surface area contributed by atoms with E-state index in [1.54, 1.807) is 5.48 Å². The summed E-state index contributed by atoms with van der Waals surface area (Å²) in [6.07, 6.45) is 14.3. The number of unbranched alkanes of at least 4 members (excludes halogenated alkanes) is 2. The van der Waals surface area contributed by atoms with Crippen LogP contribution in [0.4, 0.5) is 0 Å². The van der Waals surface area contributed by atoms with Gasteiger partial charge in [-0.1, -0.05) is 51.2 Å². The van der Waals surface area contributed by atoms with Gasteiger partial charge in [0.05, 0.1) is 0 Å². The molecular weight excluding hydrogens is 370 g/mol. The molecule has 7 heteroatoms. The average molecular weight is 408 g/mol. The van der Waals surface area contributed by atoms with E-state index in [2.05, 4.69) is 10.6 Å². The predicted molar refractivity (Wildman–Crippen MR) is 113 cm³/mol. The minimum atomic E-state index is -0.596. The summed E-state index contributed by atoms with van der Waals surface area (Å²) >= 11 is 0. The van der Waals surface area contributed by atoms with Crippen molar-refractivity contribution >= 4 is 17.7 Å². The van der Waals surface area contributed by atoms with Crippen molar-refractivity contribution in [3.05, 3.63) is 23.9 Å². The zero-order valence-electron chi connectivity index (χ0n) is 17.8. The second kappa shape index (κ2) is 14.8. The monoisotopic (exact) mass is 407 g/mol. The quantitative estimate of drug-likeness (QED) is 0.172. The highest BCUT2D eigenvalue weighted by molar-refractivity contribution is 5.89. The van der Waals surface area contributed by atoms with Crippen LogP contribution in [0, 0.1) is 5.92 Å². The third-order valence-corrected chi connectivity index (χ3v) is 5.17. The Bertz CT molecular complexity index is 581. The largest absolute Gasteiger partial charge is 0.344 e. The fourth-order valence-corrected chi connectivity index (χ4v) is 3.58. The first-order valence-electron chi connectivity index (χ1n) is 10.9. The van der Waals surface area contributed by atoms with E-state index in [0.717, 1.165) is 44.2 Å². The van der Waals surface area contributed by atoms with E-state index in [1.807, 2.05) is 32.1 Å². The summed E-state index contributed by atoms with van der Waals surface area (Å²) in [6, 6.07) is -0.596. The van der Waals surface area contributed by atoms with E-state index in [0.29, 0.717) is 19.3 Å². The summed E-state index contributed by atoms with van der Waals surface area (Å²) in [6.45, 7) is 3.89. The molecule has 1 fully saturated rings.